The minimum absolute atomic E-state index is 0.00211. The van der Waals surface area contributed by atoms with Crippen molar-refractivity contribution in [2.75, 3.05) is 18.0 Å². The fourth-order valence-corrected chi connectivity index (χ4v) is 6.30. The highest BCUT2D eigenvalue weighted by molar-refractivity contribution is 7.92. The Morgan fingerprint density at radius 3 is 2.20 bits per heavy atom. The molecule has 4 rings (SSSR count). The third kappa shape index (κ3) is 7.14. The number of carbonyl (C=O) groups is 2. The smallest absolute Gasteiger partial charge is 0.264 e. The summed E-state index contributed by atoms with van der Waals surface area (Å²) in [5, 5.41) is 3.46. The summed E-state index contributed by atoms with van der Waals surface area (Å²) in [6, 6.07) is 20.7. The number of nitrogens with one attached hydrogen (secondary N) is 1. The third-order valence-corrected chi connectivity index (χ3v) is 9.15. The molecule has 40 heavy (non-hydrogen) atoms. The number of halogens is 1. The van der Waals surface area contributed by atoms with E-state index in [1.165, 1.54) is 29.2 Å². The maximum Gasteiger partial charge on any atom is 0.264 e. The van der Waals surface area contributed by atoms with Crippen LogP contribution in [0.2, 0.25) is 5.02 Å². The van der Waals surface area contributed by atoms with Crippen molar-refractivity contribution in [1.82, 2.24) is 10.2 Å². The van der Waals surface area contributed by atoms with Crippen LogP contribution in [-0.2, 0) is 26.2 Å². The number of ether oxygens (including phenoxy) is 1. The molecule has 1 aliphatic carbocycles. The van der Waals surface area contributed by atoms with Crippen LogP contribution in [0, 0.1) is 0 Å². The van der Waals surface area contributed by atoms with Gasteiger partial charge in [0.2, 0.25) is 11.8 Å². The number of methoxy groups -OCH3 is 1. The lowest BCUT2D eigenvalue weighted by atomic mass is 10.1. The molecule has 3 aromatic rings. The van der Waals surface area contributed by atoms with Gasteiger partial charge in [0, 0.05) is 17.6 Å². The highest BCUT2D eigenvalue weighted by Crippen LogP contribution is 2.26. The Labute approximate surface area is 240 Å². The molecular formula is C30H34ClN3O5S. The molecule has 0 aromatic heterocycles. The number of rotatable bonds is 11. The summed E-state index contributed by atoms with van der Waals surface area (Å²) >= 11 is 5.99. The summed E-state index contributed by atoms with van der Waals surface area (Å²) in [4.78, 5) is 28.7. The zero-order valence-electron chi connectivity index (χ0n) is 22.6. The van der Waals surface area contributed by atoms with Crippen molar-refractivity contribution in [2.24, 2.45) is 0 Å². The molecule has 0 saturated heterocycles. The monoisotopic (exact) mass is 583 g/mol. The van der Waals surface area contributed by atoms with Crippen molar-refractivity contribution < 1.29 is 22.7 Å². The normalized spacial score (nSPS) is 14.4. The standard InChI is InChI=1S/C30H34ClN3O5S/c1-22(30(36)32-25-8-6-7-9-25)33(20-23-12-16-27(39-2)17-13-23)29(35)21-34(26-10-4-3-5-11-26)40(37,38)28-18-14-24(31)15-19-28/h3-5,10-19,22,25H,6-9,20-21H2,1-2H3,(H,32,36)/t22-/m1/s1. The van der Waals surface area contributed by atoms with Crippen LogP contribution < -0.4 is 14.4 Å². The maximum atomic E-state index is 14.0. The molecule has 212 valence electrons. The summed E-state index contributed by atoms with van der Waals surface area (Å²) in [7, 11) is -2.57. The van der Waals surface area contributed by atoms with E-state index < -0.39 is 28.5 Å². The largest absolute Gasteiger partial charge is 0.497 e. The minimum atomic E-state index is -4.14. The molecule has 1 fully saturated rings. The van der Waals surface area contributed by atoms with Crippen LogP contribution in [0.15, 0.2) is 83.8 Å². The predicted molar refractivity (Wildman–Crippen MR) is 156 cm³/mol. The maximum absolute atomic E-state index is 14.0. The molecule has 1 aliphatic rings. The highest BCUT2D eigenvalue weighted by Gasteiger charge is 2.33. The third-order valence-electron chi connectivity index (χ3n) is 7.11. The second-order valence-corrected chi connectivity index (χ2v) is 12.1. The minimum Gasteiger partial charge on any atom is -0.497 e. The van der Waals surface area contributed by atoms with Gasteiger partial charge in [-0.2, -0.15) is 0 Å². The Bertz CT molecular complexity index is 1390. The Morgan fingerprint density at radius 2 is 1.60 bits per heavy atom. The lowest BCUT2D eigenvalue weighted by Crippen LogP contribution is -2.52. The molecule has 0 radical (unpaired) electrons. The number of anilines is 1. The molecule has 0 aliphatic heterocycles. The summed E-state index contributed by atoms with van der Waals surface area (Å²) in [6.07, 6.45) is 3.93. The second kappa shape index (κ2) is 13.2. The van der Waals surface area contributed by atoms with Crippen LogP contribution in [0.25, 0.3) is 0 Å². The number of amides is 2. The summed E-state index contributed by atoms with van der Waals surface area (Å²) in [6.45, 7) is 1.30. The van der Waals surface area contributed by atoms with E-state index in [2.05, 4.69) is 5.32 Å². The fraction of sp³-hybridized carbons (Fsp3) is 0.333. The summed E-state index contributed by atoms with van der Waals surface area (Å²) in [5.74, 6) is -0.107. The molecule has 1 atom stereocenters. The Kier molecular flexibility index (Phi) is 9.71. The fourth-order valence-electron chi connectivity index (χ4n) is 4.76. The van der Waals surface area contributed by atoms with Crippen molar-refractivity contribution in [3.63, 3.8) is 0 Å². The lowest BCUT2D eigenvalue weighted by molar-refractivity contribution is -0.139. The Balaban J connectivity index is 1.66. The first kappa shape index (κ1) is 29.4. The van der Waals surface area contributed by atoms with E-state index in [0.717, 1.165) is 35.6 Å². The predicted octanol–water partition coefficient (Wildman–Crippen LogP) is 5.02. The lowest BCUT2D eigenvalue weighted by Gasteiger charge is -2.32. The van der Waals surface area contributed by atoms with Gasteiger partial charge < -0.3 is 15.0 Å². The second-order valence-electron chi connectivity index (χ2n) is 9.84. The van der Waals surface area contributed by atoms with Gasteiger partial charge in [0.25, 0.3) is 10.0 Å². The van der Waals surface area contributed by atoms with Gasteiger partial charge in [-0.05, 0) is 73.9 Å². The molecular weight excluding hydrogens is 550 g/mol. The molecule has 10 heteroatoms. The molecule has 0 bridgehead atoms. The van der Waals surface area contributed by atoms with Gasteiger partial charge in [-0.15, -0.1) is 0 Å². The number of benzene rings is 3. The number of para-hydroxylation sites is 1. The van der Waals surface area contributed by atoms with Crippen molar-refractivity contribution >= 4 is 39.1 Å². The molecule has 1 saturated carbocycles. The van der Waals surface area contributed by atoms with E-state index in [4.69, 9.17) is 16.3 Å². The Morgan fingerprint density at radius 1 is 0.975 bits per heavy atom. The number of sulfonamides is 1. The average Bonchev–Trinajstić information content (AvgIpc) is 3.48. The van der Waals surface area contributed by atoms with Crippen molar-refractivity contribution in [1.29, 1.82) is 0 Å². The molecule has 0 spiro atoms. The van der Waals surface area contributed by atoms with Crippen LogP contribution in [0.3, 0.4) is 0 Å². The van der Waals surface area contributed by atoms with Gasteiger partial charge in [-0.25, -0.2) is 8.42 Å². The SMILES string of the molecule is COc1ccc(CN(C(=O)CN(c2ccccc2)S(=O)(=O)c2ccc(Cl)cc2)[C@H](C)C(=O)NC2CCCC2)cc1. The van der Waals surface area contributed by atoms with Crippen LogP contribution in [-0.4, -0.2) is 50.9 Å². The quantitative estimate of drug-likeness (QED) is 0.342. The van der Waals surface area contributed by atoms with E-state index >= 15 is 0 Å². The molecule has 3 aromatic carbocycles. The topological polar surface area (TPSA) is 96.0 Å². The van der Waals surface area contributed by atoms with Gasteiger partial charge in [-0.3, -0.25) is 13.9 Å². The summed E-state index contributed by atoms with van der Waals surface area (Å²) < 4.78 is 33.9. The molecule has 8 nitrogen and oxygen atoms in total. The van der Waals surface area contributed by atoms with Gasteiger partial charge in [0.05, 0.1) is 17.7 Å². The van der Waals surface area contributed by atoms with E-state index in [1.54, 1.807) is 56.5 Å². The van der Waals surface area contributed by atoms with E-state index in [-0.39, 0.29) is 23.4 Å². The Hall–Kier alpha value is -3.56. The molecule has 0 unspecified atom stereocenters. The average molecular weight is 584 g/mol. The first-order valence-electron chi connectivity index (χ1n) is 13.2. The van der Waals surface area contributed by atoms with Crippen LogP contribution in [0.5, 0.6) is 5.75 Å². The molecule has 1 N–H and O–H groups in total. The van der Waals surface area contributed by atoms with Crippen molar-refractivity contribution in [2.45, 2.75) is 56.1 Å². The molecule has 0 heterocycles. The van der Waals surface area contributed by atoms with Crippen LogP contribution in [0.1, 0.15) is 38.2 Å². The first-order chi connectivity index (χ1) is 19.2. The number of hydrogen-bond donors (Lipinski definition) is 1. The zero-order valence-corrected chi connectivity index (χ0v) is 24.2. The molecule has 2 amide bonds. The van der Waals surface area contributed by atoms with Gasteiger partial charge >= 0.3 is 0 Å². The summed E-state index contributed by atoms with van der Waals surface area (Å²) in [5.41, 5.74) is 1.11. The first-order valence-corrected chi connectivity index (χ1v) is 15.1. The van der Waals surface area contributed by atoms with E-state index in [0.29, 0.717) is 16.5 Å². The highest BCUT2D eigenvalue weighted by atomic mass is 35.5. The number of carbonyl (C=O) groups excluding carboxylic acids is 2. The van der Waals surface area contributed by atoms with Crippen molar-refractivity contribution in [3.05, 3.63) is 89.4 Å². The van der Waals surface area contributed by atoms with Crippen molar-refractivity contribution in [3.8, 4) is 5.75 Å². The van der Waals surface area contributed by atoms with E-state index in [9.17, 15) is 18.0 Å². The van der Waals surface area contributed by atoms with Crippen LogP contribution in [0.4, 0.5) is 5.69 Å². The number of nitrogens with zero attached hydrogens (tertiary/aromatic N) is 2. The zero-order chi connectivity index (χ0) is 28.7. The van der Waals surface area contributed by atoms with Gasteiger partial charge in [0.15, 0.2) is 0 Å². The number of hydrogen-bond acceptors (Lipinski definition) is 5. The van der Waals surface area contributed by atoms with E-state index in [1.807, 2.05) is 12.1 Å². The van der Waals surface area contributed by atoms with Crippen LogP contribution >= 0.6 is 11.6 Å². The van der Waals surface area contributed by atoms with Gasteiger partial charge in [0.1, 0.15) is 18.3 Å². The van der Waals surface area contributed by atoms with Gasteiger partial charge in [-0.1, -0.05) is 54.8 Å².